The molecule has 0 spiro atoms. The van der Waals surface area contributed by atoms with Crippen molar-refractivity contribution in [2.45, 2.75) is 38.3 Å². The van der Waals surface area contributed by atoms with Crippen molar-refractivity contribution >= 4 is 11.7 Å². The summed E-state index contributed by atoms with van der Waals surface area (Å²) >= 11 is 0. The summed E-state index contributed by atoms with van der Waals surface area (Å²) in [4.78, 5) is 25.2. The molecule has 1 amide bonds. The lowest BCUT2D eigenvalue weighted by atomic mass is 10.1. The fourth-order valence-electron chi connectivity index (χ4n) is 3.42. The van der Waals surface area contributed by atoms with Crippen LogP contribution in [-0.4, -0.2) is 64.2 Å². The number of nitrogens with zero attached hydrogens (tertiary/aromatic N) is 4. The van der Waals surface area contributed by atoms with Gasteiger partial charge in [-0.1, -0.05) is 6.92 Å². The Balaban J connectivity index is 1.57. The molecule has 0 unspecified atom stereocenters. The topological polar surface area (TPSA) is 95.6 Å². The third-order valence-corrected chi connectivity index (χ3v) is 4.91. The van der Waals surface area contributed by atoms with Crippen LogP contribution in [0.4, 0.5) is 5.82 Å². The van der Waals surface area contributed by atoms with Crippen molar-refractivity contribution in [1.29, 1.82) is 0 Å². The fraction of sp³-hybridized carbons (Fsp3) is 0.688. The zero-order chi connectivity index (χ0) is 16.4. The van der Waals surface area contributed by atoms with Gasteiger partial charge in [0.1, 0.15) is 12.1 Å². The largest absolute Gasteiger partial charge is 0.391 e. The third kappa shape index (κ3) is 3.45. The molecule has 23 heavy (non-hydrogen) atoms. The Morgan fingerprint density at radius 3 is 2.65 bits per heavy atom. The van der Waals surface area contributed by atoms with Gasteiger partial charge in [-0.3, -0.25) is 4.79 Å². The van der Waals surface area contributed by atoms with E-state index in [0.29, 0.717) is 25.9 Å². The van der Waals surface area contributed by atoms with Gasteiger partial charge in [-0.2, -0.15) is 0 Å². The summed E-state index contributed by atoms with van der Waals surface area (Å²) in [6.45, 7) is 4.99. The van der Waals surface area contributed by atoms with E-state index < -0.39 is 6.10 Å². The minimum atomic E-state index is -0.543. The highest BCUT2D eigenvalue weighted by Gasteiger charge is 2.37. The summed E-state index contributed by atoms with van der Waals surface area (Å²) < 4.78 is 0. The van der Waals surface area contributed by atoms with Crippen LogP contribution in [0.5, 0.6) is 0 Å². The Hall–Kier alpha value is -1.73. The van der Waals surface area contributed by atoms with Crippen LogP contribution >= 0.6 is 0 Å². The number of aromatic nitrogens is 2. The van der Waals surface area contributed by atoms with E-state index in [0.717, 1.165) is 31.0 Å². The first-order chi connectivity index (χ1) is 11.1. The second kappa shape index (κ2) is 6.80. The molecule has 1 saturated heterocycles. The molecule has 0 aromatic carbocycles. The van der Waals surface area contributed by atoms with Gasteiger partial charge in [0.2, 0.25) is 5.91 Å². The predicted molar refractivity (Wildman–Crippen MR) is 86.9 cm³/mol. The molecule has 2 heterocycles. The van der Waals surface area contributed by atoms with Gasteiger partial charge in [-0.25, -0.2) is 9.97 Å². The Morgan fingerprint density at radius 2 is 2.04 bits per heavy atom. The fourth-order valence-corrected chi connectivity index (χ4v) is 3.42. The minimum Gasteiger partial charge on any atom is -0.391 e. The van der Waals surface area contributed by atoms with Gasteiger partial charge in [0.05, 0.1) is 6.10 Å². The number of aliphatic hydroxyl groups excluding tert-OH is 1. The number of aliphatic hydroxyl groups is 1. The summed E-state index contributed by atoms with van der Waals surface area (Å²) in [5.74, 6) is 0.938. The smallest absolute Gasteiger partial charge is 0.225 e. The number of piperazine rings is 1. The summed E-state index contributed by atoms with van der Waals surface area (Å²) in [5.41, 5.74) is 6.85. The first-order valence-electron chi connectivity index (χ1n) is 8.36. The molecular weight excluding hydrogens is 294 g/mol. The molecule has 1 aliphatic heterocycles. The summed E-state index contributed by atoms with van der Waals surface area (Å²) in [7, 11) is 0. The number of nitrogens with two attached hydrogens (primary N) is 1. The second-order valence-corrected chi connectivity index (χ2v) is 6.43. The molecule has 1 aromatic rings. The first-order valence-corrected chi connectivity index (χ1v) is 8.36. The van der Waals surface area contributed by atoms with E-state index in [1.54, 1.807) is 6.33 Å². The maximum atomic E-state index is 12.6. The van der Waals surface area contributed by atoms with Crippen LogP contribution in [0.25, 0.3) is 0 Å². The molecule has 3 atom stereocenters. The predicted octanol–water partition coefficient (Wildman–Crippen LogP) is -0.214. The average molecular weight is 319 g/mol. The molecule has 0 bridgehead atoms. The van der Waals surface area contributed by atoms with Crippen molar-refractivity contribution in [3.8, 4) is 0 Å². The zero-order valence-electron chi connectivity index (χ0n) is 13.6. The van der Waals surface area contributed by atoms with Crippen LogP contribution in [-0.2, 0) is 11.2 Å². The van der Waals surface area contributed by atoms with Gasteiger partial charge >= 0.3 is 0 Å². The van der Waals surface area contributed by atoms with Crippen LogP contribution in [0.1, 0.15) is 25.5 Å². The Labute approximate surface area is 136 Å². The van der Waals surface area contributed by atoms with Crippen molar-refractivity contribution in [2.75, 3.05) is 31.1 Å². The van der Waals surface area contributed by atoms with Gasteiger partial charge in [-0.15, -0.1) is 0 Å². The van der Waals surface area contributed by atoms with Crippen LogP contribution in [0.15, 0.2) is 12.4 Å². The SMILES string of the molecule is CCc1cc(N2CCN(C(=O)[C@H]3C[C@@H](N)[C@H](O)C3)CC2)ncn1. The zero-order valence-corrected chi connectivity index (χ0v) is 13.6. The van der Waals surface area contributed by atoms with Crippen molar-refractivity contribution in [2.24, 2.45) is 11.7 Å². The maximum Gasteiger partial charge on any atom is 0.225 e. The van der Waals surface area contributed by atoms with E-state index in [1.165, 1.54) is 0 Å². The molecule has 2 aliphatic rings. The normalized spacial score (nSPS) is 28.2. The molecule has 1 saturated carbocycles. The number of rotatable bonds is 3. The first kappa shape index (κ1) is 16.1. The number of anilines is 1. The molecule has 2 fully saturated rings. The summed E-state index contributed by atoms with van der Waals surface area (Å²) in [5, 5.41) is 9.74. The molecule has 126 valence electrons. The van der Waals surface area contributed by atoms with Crippen LogP contribution in [0, 0.1) is 5.92 Å². The summed E-state index contributed by atoms with van der Waals surface area (Å²) in [6, 6.07) is 1.75. The highest BCUT2D eigenvalue weighted by molar-refractivity contribution is 5.79. The molecular formula is C16H25N5O2. The van der Waals surface area contributed by atoms with Crippen LogP contribution in [0.2, 0.25) is 0 Å². The number of hydrogen-bond acceptors (Lipinski definition) is 6. The molecule has 7 nitrogen and oxygen atoms in total. The van der Waals surface area contributed by atoms with E-state index in [9.17, 15) is 9.90 Å². The van der Waals surface area contributed by atoms with E-state index in [-0.39, 0.29) is 17.9 Å². The monoisotopic (exact) mass is 319 g/mol. The van der Waals surface area contributed by atoms with E-state index in [1.807, 2.05) is 11.0 Å². The second-order valence-electron chi connectivity index (χ2n) is 6.43. The van der Waals surface area contributed by atoms with Crippen molar-refractivity contribution in [3.63, 3.8) is 0 Å². The molecule has 0 radical (unpaired) electrons. The van der Waals surface area contributed by atoms with Gasteiger partial charge in [0.15, 0.2) is 0 Å². The molecule has 3 N–H and O–H groups in total. The highest BCUT2D eigenvalue weighted by atomic mass is 16.3. The molecule has 3 rings (SSSR count). The summed E-state index contributed by atoms with van der Waals surface area (Å²) in [6.07, 6.45) is 3.03. The number of carbonyl (C=O) groups excluding carboxylic acids is 1. The number of hydrogen-bond donors (Lipinski definition) is 2. The number of carbonyl (C=O) groups is 1. The quantitative estimate of drug-likeness (QED) is 0.800. The van der Waals surface area contributed by atoms with Crippen molar-refractivity contribution < 1.29 is 9.90 Å². The average Bonchev–Trinajstić information content (AvgIpc) is 2.93. The molecule has 1 aliphatic carbocycles. The van der Waals surface area contributed by atoms with Crippen molar-refractivity contribution in [1.82, 2.24) is 14.9 Å². The maximum absolute atomic E-state index is 12.6. The number of aryl methyl sites for hydroxylation is 1. The van der Waals surface area contributed by atoms with E-state index >= 15 is 0 Å². The van der Waals surface area contributed by atoms with Gasteiger partial charge in [0.25, 0.3) is 0 Å². The van der Waals surface area contributed by atoms with Crippen LogP contribution in [0.3, 0.4) is 0 Å². The molecule has 1 aromatic heterocycles. The lowest BCUT2D eigenvalue weighted by Crippen LogP contribution is -2.50. The highest BCUT2D eigenvalue weighted by Crippen LogP contribution is 2.27. The number of amides is 1. The van der Waals surface area contributed by atoms with E-state index in [4.69, 9.17) is 5.73 Å². The Kier molecular flexibility index (Phi) is 4.77. The Bertz CT molecular complexity index is 549. The van der Waals surface area contributed by atoms with Gasteiger partial charge < -0.3 is 20.6 Å². The van der Waals surface area contributed by atoms with Crippen molar-refractivity contribution in [3.05, 3.63) is 18.1 Å². The third-order valence-electron chi connectivity index (χ3n) is 4.91. The lowest BCUT2D eigenvalue weighted by Gasteiger charge is -2.36. The lowest BCUT2D eigenvalue weighted by molar-refractivity contribution is -0.135. The minimum absolute atomic E-state index is 0.128. The standard InChI is InChI=1S/C16H25N5O2/c1-2-12-9-15(19-10-18-12)20-3-5-21(6-4-20)16(23)11-7-13(17)14(22)8-11/h9-11,13-14,22H,2-8,17H2,1H3/t11-,13+,14+/m0/s1. The van der Waals surface area contributed by atoms with E-state index in [2.05, 4.69) is 21.8 Å². The van der Waals surface area contributed by atoms with Crippen LogP contribution < -0.4 is 10.6 Å². The molecule has 7 heteroatoms. The Morgan fingerprint density at radius 1 is 1.30 bits per heavy atom. The van der Waals surface area contributed by atoms with Gasteiger partial charge in [-0.05, 0) is 19.3 Å². The van der Waals surface area contributed by atoms with Gasteiger partial charge in [0, 0.05) is 49.9 Å².